The van der Waals surface area contributed by atoms with E-state index >= 15 is 0 Å². The van der Waals surface area contributed by atoms with Crippen LogP contribution in [0.2, 0.25) is 0 Å². The summed E-state index contributed by atoms with van der Waals surface area (Å²) in [5, 5.41) is 0. The lowest BCUT2D eigenvalue weighted by atomic mass is 10.1. The van der Waals surface area contributed by atoms with E-state index in [9.17, 15) is 9.59 Å². The highest BCUT2D eigenvalue weighted by atomic mass is 16.5. The van der Waals surface area contributed by atoms with Crippen LogP contribution >= 0.6 is 0 Å². The third-order valence-electron chi connectivity index (χ3n) is 4.62. The topological polar surface area (TPSA) is 48.3 Å². The first kappa shape index (κ1) is 15.4. The van der Waals surface area contributed by atoms with Crippen molar-refractivity contribution in [1.82, 2.24) is 4.57 Å². The van der Waals surface area contributed by atoms with Crippen molar-refractivity contribution in [3.05, 3.63) is 83.2 Å². The molecule has 0 unspecified atom stereocenters. The average molecular weight is 331 g/mol. The molecule has 4 rings (SSSR count). The van der Waals surface area contributed by atoms with Crippen molar-refractivity contribution in [2.45, 2.75) is 13.0 Å². The first-order valence-electron chi connectivity index (χ1n) is 8.13. The van der Waals surface area contributed by atoms with Crippen molar-refractivity contribution >= 4 is 11.8 Å². The van der Waals surface area contributed by atoms with Gasteiger partial charge in [-0.1, -0.05) is 48.5 Å². The van der Waals surface area contributed by atoms with Gasteiger partial charge in [-0.15, -0.1) is 0 Å². The summed E-state index contributed by atoms with van der Waals surface area (Å²) in [7, 11) is 1.74. The van der Waals surface area contributed by atoms with E-state index in [1.54, 1.807) is 23.9 Å². The SMILES string of the molecule is CC(=O)c1cc(C(=O)OC2c3ccccc3-c3ccccc32)n(C)c1. The molecule has 124 valence electrons. The molecule has 0 saturated heterocycles. The van der Waals surface area contributed by atoms with Crippen LogP contribution in [0.25, 0.3) is 11.1 Å². The van der Waals surface area contributed by atoms with Crippen molar-refractivity contribution < 1.29 is 14.3 Å². The number of hydrogen-bond donors (Lipinski definition) is 0. The summed E-state index contributed by atoms with van der Waals surface area (Å²) >= 11 is 0. The van der Waals surface area contributed by atoms with Gasteiger partial charge in [0.1, 0.15) is 5.69 Å². The minimum atomic E-state index is -0.438. The Bertz CT molecular complexity index is 954. The van der Waals surface area contributed by atoms with Gasteiger partial charge in [-0.25, -0.2) is 4.79 Å². The summed E-state index contributed by atoms with van der Waals surface area (Å²) in [5.74, 6) is -0.516. The van der Waals surface area contributed by atoms with E-state index in [1.807, 2.05) is 48.5 Å². The van der Waals surface area contributed by atoms with Crippen LogP contribution in [0.15, 0.2) is 60.8 Å². The zero-order valence-electron chi connectivity index (χ0n) is 14.0. The molecule has 25 heavy (non-hydrogen) atoms. The van der Waals surface area contributed by atoms with Crippen molar-refractivity contribution in [1.29, 1.82) is 0 Å². The summed E-state index contributed by atoms with van der Waals surface area (Å²) in [5.41, 5.74) is 5.02. The Morgan fingerprint density at radius 3 is 2.04 bits per heavy atom. The molecular weight excluding hydrogens is 314 g/mol. The fraction of sp³-hybridized carbons (Fsp3) is 0.143. The molecule has 0 aliphatic heterocycles. The molecule has 0 amide bonds. The minimum Gasteiger partial charge on any atom is -0.448 e. The normalized spacial score (nSPS) is 12.6. The number of carbonyl (C=O) groups is 2. The monoisotopic (exact) mass is 331 g/mol. The van der Waals surface area contributed by atoms with Gasteiger partial charge in [0, 0.05) is 29.9 Å². The largest absolute Gasteiger partial charge is 0.448 e. The Morgan fingerprint density at radius 1 is 0.960 bits per heavy atom. The van der Waals surface area contributed by atoms with Gasteiger partial charge in [0.15, 0.2) is 11.9 Å². The number of ketones is 1. The molecule has 1 aliphatic rings. The van der Waals surface area contributed by atoms with E-state index in [0.29, 0.717) is 11.3 Å². The second-order valence-corrected chi connectivity index (χ2v) is 6.24. The highest BCUT2D eigenvalue weighted by Gasteiger charge is 2.31. The first-order valence-corrected chi connectivity index (χ1v) is 8.13. The standard InChI is InChI=1S/C21H17NO3/c1-13(23)14-11-19(22(2)12-14)21(24)25-20-17-9-5-3-7-15(17)16-8-4-6-10-18(16)20/h3-12,20H,1-2H3. The van der Waals surface area contributed by atoms with E-state index in [2.05, 4.69) is 0 Å². The third-order valence-corrected chi connectivity index (χ3v) is 4.62. The number of aryl methyl sites for hydroxylation is 1. The fourth-order valence-corrected chi connectivity index (χ4v) is 3.36. The predicted molar refractivity (Wildman–Crippen MR) is 94.6 cm³/mol. The molecule has 0 fully saturated rings. The molecule has 0 radical (unpaired) electrons. The van der Waals surface area contributed by atoms with E-state index in [4.69, 9.17) is 4.74 Å². The second-order valence-electron chi connectivity index (χ2n) is 6.24. The molecule has 3 aromatic rings. The van der Waals surface area contributed by atoms with E-state index < -0.39 is 12.1 Å². The summed E-state index contributed by atoms with van der Waals surface area (Å²) in [6, 6.07) is 17.5. The molecule has 0 bridgehead atoms. The van der Waals surface area contributed by atoms with Crippen LogP contribution in [0.4, 0.5) is 0 Å². The minimum absolute atomic E-state index is 0.0776. The number of ether oxygens (including phenoxy) is 1. The number of fused-ring (bicyclic) bond motifs is 3. The van der Waals surface area contributed by atoms with Crippen molar-refractivity contribution in [2.24, 2.45) is 7.05 Å². The van der Waals surface area contributed by atoms with Crippen LogP contribution in [-0.2, 0) is 11.8 Å². The Labute approximate surface area is 145 Å². The molecule has 4 nitrogen and oxygen atoms in total. The molecule has 0 atom stereocenters. The maximum absolute atomic E-state index is 12.7. The quantitative estimate of drug-likeness (QED) is 0.535. The van der Waals surface area contributed by atoms with Gasteiger partial charge in [-0.2, -0.15) is 0 Å². The molecule has 1 heterocycles. The van der Waals surface area contributed by atoms with Gasteiger partial charge in [-0.3, -0.25) is 4.79 Å². The first-order chi connectivity index (χ1) is 12.1. The molecule has 0 saturated carbocycles. The molecule has 4 heteroatoms. The van der Waals surface area contributed by atoms with Gasteiger partial charge >= 0.3 is 5.97 Å². The van der Waals surface area contributed by atoms with Crippen LogP contribution in [0.3, 0.4) is 0 Å². The Balaban J connectivity index is 1.71. The number of nitrogens with zero attached hydrogens (tertiary/aromatic N) is 1. The number of benzene rings is 2. The summed E-state index contributed by atoms with van der Waals surface area (Å²) in [6.07, 6.45) is 1.21. The summed E-state index contributed by atoms with van der Waals surface area (Å²) in [6.45, 7) is 1.48. The number of hydrogen-bond acceptors (Lipinski definition) is 3. The van der Waals surface area contributed by atoms with Gasteiger partial charge in [-0.05, 0) is 24.1 Å². The number of rotatable bonds is 3. The molecule has 0 N–H and O–H groups in total. The lowest BCUT2D eigenvalue weighted by molar-refractivity contribution is 0.0374. The van der Waals surface area contributed by atoms with Gasteiger partial charge < -0.3 is 9.30 Å². The second kappa shape index (κ2) is 5.74. The van der Waals surface area contributed by atoms with Gasteiger partial charge in [0.2, 0.25) is 0 Å². The number of aromatic nitrogens is 1. The van der Waals surface area contributed by atoms with Crippen molar-refractivity contribution in [3.8, 4) is 11.1 Å². The maximum atomic E-state index is 12.7. The van der Waals surface area contributed by atoms with Crippen molar-refractivity contribution in [2.75, 3.05) is 0 Å². The van der Waals surface area contributed by atoms with Crippen LogP contribution in [0.1, 0.15) is 45.0 Å². The fourth-order valence-electron chi connectivity index (χ4n) is 3.36. The van der Waals surface area contributed by atoms with Gasteiger partial charge in [0.05, 0.1) is 0 Å². The Morgan fingerprint density at radius 2 is 1.52 bits per heavy atom. The van der Waals surface area contributed by atoms with Gasteiger partial charge in [0.25, 0.3) is 0 Å². The van der Waals surface area contributed by atoms with Crippen LogP contribution in [0.5, 0.6) is 0 Å². The smallest absolute Gasteiger partial charge is 0.355 e. The highest BCUT2D eigenvalue weighted by molar-refractivity contribution is 5.98. The van der Waals surface area contributed by atoms with E-state index in [0.717, 1.165) is 22.3 Å². The highest BCUT2D eigenvalue weighted by Crippen LogP contribution is 2.45. The Kier molecular flexibility index (Phi) is 3.53. The van der Waals surface area contributed by atoms with Crippen LogP contribution < -0.4 is 0 Å². The Hall–Kier alpha value is -3.14. The van der Waals surface area contributed by atoms with Crippen LogP contribution in [0, 0.1) is 0 Å². The molecule has 2 aromatic carbocycles. The molecular formula is C21H17NO3. The molecule has 0 spiro atoms. The average Bonchev–Trinajstić information content (AvgIpc) is 3.15. The van der Waals surface area contributed by atoms with E-state index in [1.165, 1.54) is 6.92 Å². The maximum Gasteiger partial charge on any atom is 0.355 e. The van der Waals surface area contributed by atoms with E-state index in [-0.39, 0.29) is 5.78 Å². The van der Waals surface area contributed by atoms with Crippen molar-refractivity contribution in [3.63, 3.8) is 0 Å². The lowest BCUT2D eigenvalue weighted by Gasteiger charge is -2.15. The molecule has 1 aliphatic carbocycles. The lowest BCUT2D eigenvalue weighted by Crippen LogP contribution is -2.13. The third kappa shape index (κ3) is 2.47. The number of esters is 1. The number of carbonyl (C=O) groups excluding carboxylic acids is 2. The zero-order chi connectivity index (χ0) is 17.6. The molecule has 1 aromatic heterocycles. The van der Waals surface area contributed by atoms with Crippen LogP contribution in [-0.4, -0.2) is 16.3 Å². The zero-order valence-corrected chi connectivity index (χ0v) is 14.0. The number of Topliss-reactive ketones (excluding diaryl/α,β-unsaturated/α-hetero) is 1. The predicted octanol–water partition coefficient (Wildman–Crippen LogP) is 4.15. The summed E-state index contributed by atoms with van der Waals surface area (Å²) < 4.78 is 7.48. The summed E-state index contributed by atoms with van der Waals surface area (Å²) in [4.78, 5) is 24.3.